The largest absolute Gasteiger partial charge is 0.497 e. The molecule has 0 aliphatic heterocycles. The van der Waals surface area contributed by atoms with Gasteiger partial charge in [0.25, 0.3) is 5.91 Å². The fraction of sp³-hybridized carbons (Fsp3) is 0.300. The van der Waals surface area contributed by atoms with E-state index in [4.69, 9.17) is 9.47 Å². The molecule has 1 amide bonds. The molecule has 0 saturated heterocycles. The highest BCUT2D eigenvalue weighted by molar-refractivity contribution is 5.83. The van der Waals surface area contributed by atoms with E-state index in [1.807, 2.05) is 30.3 Å². The summed E-state index contributed by atoms with van der Waals surface area (Å²) in [6.45, 7) is 2.08. The molecule has 2 aromatic rings. The number of carbonyl (C=O) groups excluding carboxylic acids is 2. The molecule has 2 aromatic carbocycles. The molecule has 1 atom stereocenters. The van der Waals surface area contributed by atoms with Gasteiger partial charge in [-0.05, 0) is 36.6 Å². The first kappa shape index (κ1) is 18.5. The van der Waals surface area contributed by atoms with Crippen LogP contribution < -0.4 is 10.1 Å². The Kier molecular flexibility index (Phi) is 7.01. The van der Waals surface area contributed by atoms with Crippen LogP contribution >= 0.6 is 0 Å². The van der Waals surface area contributed by atoms with Crippen LogP contribution in [0, 0.1) is 0 Å². The van der Waals surface area contributed by atoms with Crippen LogP contribution in [0.1, 0.15) is 18.1 Å². The number of amides is 1. The molecule has 25 heavy (non-hydrogen) atoms. The van der Waals surface area contributed by atoms with E-state index >= 15 is 0 Å². The van der Waals surface area contributed by atoms with Crippen LogP contribution in [0.3, 0.4) is 0 Å². The van der Waals surface area contributed by atoms with Crippen LogP contribution in [-0.4, -0.2) is 31.6 Å². The Morgan fingerprint density at radius 3 is 2.32 bits per heavy atom. The molecular formula is C20H23NO4. The Morgan fingerprint density at radius 1 is 1.00 bits per heavy atom. The van der Waals surface area contributed by atoms with E-state index in [-0.39, 0.29) is 12.3 Å². The zero-order valence-corrected chi connectivity index (χ0v) is 14.5. The molecule has 1 N–H and O–H groups in total. The van der Waals surface area contributed by atoms with E-state index in [2.05, 4.69) is 5.32 Å². The van der Waals surface area contributed by atoms with Gasteiger partial charge < -0.3 is 14.8 Å². The quantitative estimate of drug-likeness (QED) is 0.750. The van der Waals surface area contributed by atoms with Crippen LogP contribution in [0.5, 0.6) is 5.75 Å². The number of hydrogen-bond acceptors (Lipinski definition) is 4. The van der Waals surface area contributed by atoms with Crippen molar-refractivity contribution in [3.8, 4) is 5.75 Å². The number of methoxy groups -OCH3 is 1. The first-order valence-electron chi connectivity index (χ1n) is 8.22. The topological polar surface area (TPSA) is 64.6 Å². The fourth-order valence-corrected chi connectivity index (χ4v) is 2.32. The van der Waals surface area contributed by atoms with Gasteiger partial charge in [0.1, 0.15) is 5.75 Å². The van der Waals surface area contributed by atoms with Crippen LogP contribution in [-0.2, 0) is 27.2 Å². The number of rotatable bonds is 8. The number of hydrogen-bond donors (Lipinski definition) is 1. The monoisotopic (exact) mass is 341 g/mol. The molecular weight excluding hydrogens is 318 g/mol. The number of benzene rings is 2. The molecule has 0 bridgehead atoms. The minimum absolute atomic E-state index is 0.117. The van der Waals surface area contributed by atoms with Crippen molar-refractivity contribution in [1.29, 1.82) is 0 Å². The third-order valence-electron chi connectivity index (χ3n) is 3.74. The van der Waals surface area contributed by atoms with Crippen molar-refractivity contribution in [3.63, 3.8) is 0 Å². The average molecular weight is 341 g/mol. The number of esters is 1. The highest BCUT2D eigenvalue weighted by Crippen LogP contribution is 2.12. The molecule has 5 heteroatoms. The van der Waals surface area contributed by atoms with E-state index in [0.29, 0.717) is 6.54 Å². The van der Waals surface area contributed by atoms with Crippen molar-refractivity contribution in [3.05, 3.63) is 65.7 Å². The lowest BCUT2D eigenvalue weighted by atomic mass is 10.1. The Labute approximate surface area is 148 Å². The van der Waals surface area contributed by atoms with Gasteiger partial charge in [0.15, 0.2) is 6.10 Å². The summed E-state index contributed by atoms with van der Waals surface area (Å²) in [5.74, 6) is -0.00170. The smallest absolute Gasteiger partial charge is 0.311 e. The van der Waals surface area contributed by atoms with Crippen molar-refractivity contribution >= 4 is 11.9 Å². The zero-order valence-electron chi connectivity index (χ0n) is 14.5. The summed E-state index contributed by atoms with van der Waals surface area (Å²) in [6, 6.07) is 17.0. The summed E-state index contributed by atoms with van der Waals surface area (Å²) in [7, 11) is 1.58. The lowest BCUT2D eigenvalue weighted by Gasteiger charge is -2.13. The van der Waals surface area contributed by atoms with E-state index < -0.39 is 12.1 Å². The summed E-state index contributed by atoms with van der Waals surface area (Å²) in [5.41, 5.74) is 1.95. The van der Waals surface area contributed by atoms with Gasteiger partial charge in [-0.2, -0.15) is 0 Å². The molecule has 0 aliphatic rings. The second-order valence-corrected chi connectivity index (χ2v) is 5.68. The highest BCUT2D eigenvalue weighted by atomic mass is 16.5. The molecule has 0 saturated carbocycles. The van der Waals surface area contributed by atoms with E-state index in [0.717, 1.165) is 23.3 Å². The van der Waals surface area contributed by atoms with Crippen LogP contribution in [0.15, 0.2) is 54.6 Å². The van der Waals surface area contributed by atoms with Crippen molar-refractivity contribution in [2.24, 2.45) is 0 Å². The third-order valence-corrected chi connectivity index (χ3v) is 3.74. The Hall–Kier alpha value is -2.82. The van der Waals surface area contributed by atoms with Crippen molar-refractivity contribution in [2.75, 3.05) is 13.7 Å². The lowest BCUT2D eigenvalue weighted by molar-refractivity contribution is -0.154. The van der Waals surface area contributed by atoms with Gasteiger partial charge in [-0.25, -0.2) is 0 Å². The first-order valence-corrected chi connectivity index (χ1v) is 8.22. The van der Waals surface area contributed by atoms with Crippen molar-refractivity contribution in [2.45, 2.75) is 25.9 Å². The van der Waals surface area contributed by atoms with Gasteiger partial charge in [0, 0.05) is 6.54 Å². The molecule has 0 aromatic heterocycles. The molecule has 0 spiro atoms. The normalized spacial score (nSPS) is 11.4. The van der Waals surface area contributed by atoms with Crippen LogP contribution in [0.4, 0.5) is 0 Å². The van der Waals surface area contributed by atoms with Gasteiger partial charge in [-0.1, -0.05) is 42.5 Å². The summed E-state index contributed by atoms with van der Waals surface area (Å²) in [4.78, 5) is 23.9. The standard InChI is InChI=1S/C20H23NO4/c1-15(20(23)21-13-12-16-6-4-3-5-7-16)25-19(22)14-17-8-10-18(24-2)11-9-17/h3-11,15H,12-14H2,1-2H3,(H,21,23). The predicted octanol–water partition coefficient (Wildman–Crippen LogP) is 2.53. The lowest BCUT2D eigenvalue weighted by Crippen LogP contribution is -2.37. The number of carbonyl (C=O) groups is 2. The zero-order chi connectivity index (χ0) is 18.1. The maximum atomic E-state index is 12.0. The first-order chi connectivity index (χ1) is 12.1. The molecule has 132 valence electrons. The van der Waals surface area contributed by atoms with Gasteiger partial charge in [0.05, 0.1) is 13.5 Å². The average Bonchev–Trinajstić information content (AvgIpc) is 2.63. The van der Waals surface area contributed by atoms with Gasteiger partial charge in [-0.15, -0.1) is 0 Å². The fourth-order valence-electron chi connectivity index (χ4n) is 2.32. The molecule has 0 fully saturated rings. The van der Waals surface area contributed by atoms with Gasteiger partial charge >= 0.3 is 5.97 Å². The summed E-state index contributed by atoms with van der Waals surface area (Å²) < 4.78 is 10.3. The van der Waals surface area contributed by atoms with E-state index in [1.54, 1.807) is 38.3 Å². The second kappa shape index (κ2) is 9.47. The minimum atomic E-state index is -0.818. The molecule has 0 heterocycles. The highest BCUT2D eigenvalue weighted by Gasteiger charge is 2.17. The molecule has 2 rings (SSSR count). The molecule has 5 nitrogen and oxygen atoms in total. The van der Waals surface area contributed by atoms with E-state index in [9.17, 15) is 9.59 Å². The second-order valence-electron chi connectivity index (χ2n) is 5.68. The van der Waals surface area contributed by atoms with Crippen LogP contribution in [0.2, 0.25) is 0 Å². The van der Waals surface area contributed by atoms with Crippen molar-refractivity contribution < 1.29 is 19.1 Å². The maximum absolute atomic E-state index is 12.0. The number of nitrogens with one attached hydrogen (secondary N) is 1. The molecule has 0 radical (unpaired) electrons. The summed E-state index contributed by atoms with van der Waals surface area (Å²) >= 11 is 0. The summed E-state index contributed by atoms with van der Waals surface area (Å²) in [5, 5.41) is 2.78. The molecule has 1 unspecified atom stereocenters. The minimum Gasteiger partial charge on any atom is -0.497 e. The SMILES string of the molecule is COc1ccc(CC(=O)OC(C)C(=O)NCCc2ccccc2)cc1. The van der Waals surface area contributed by atoms with Gasteiger partial charge in [0.2, 0.25) is 0 Å². The maximum Gasteiger partial charge on any atom is 0.311 e. The predicted molar refractivity (Wildman–Crippen MR) is 95.4 cm³/mol. The van der Waals surface area contributed by atoms with Crippen molar-refractivity contribution in [1.82, 2.24) is 5.32 Å². The summed E-state index contributed by atoms with van der Waals surface area (Å²) in [6.07, 6.45) is 0.0339. The van der Waals surface area contributed by atoms with E-state index in [1.165, 1.54) is 0 Å². The Morgan fingerprint density at radius 2 is 1.68 bits per heavy atom. The van der Waals surface area contributed by atoms with Crippen LogP contribution in [0.25, 0.3) is 0 Å². The number of ether oxygens (including phenoxy) is 2. The Bertz CT molecular complexity index is 683. The third kappa shape index (κ3) is 6.30. The Balaban J connectivity index is 1.72. The molecule has 0 aliphatic carbocycles. The van der Waals surface area contributed by atoms with Gasteiger partial charge in [-0.3, -0.25) is 9.59 Å².